The van der Waals surface area contributed by atoms with Gasteiger partial charge in [0.1, 0.15) is 0 Å². The van der Waals surface area contributed by atoms with Gasteiger partial charge in [-0.3, -0.25) is 0 Å². The summed E-state index contributed by atoms with van der Waals surface area (Å²) in [5.41, 5.74) is 2.73. The Kier molecular flexibility index (Phi) is 3.95. The van der Waals surface area contributed by atoms with E-state index in [4.69, 9.17) is 0 Å². The van der Waals surface area contributed by atoms with Crippen molar-refractivity contribution in [2.45, 2.75) is 32.2 Å². The zero-order valence-corrected chi connectivity index (χ0v) is 10.1. The van der Waals surface area contributed by atoms with Gasteiger partial charge in [-0.15, -0.1) is 0 Å². The minimum atomic E-state index is 0.687. The first-order valence-corrected chi connectivity index (χ1v) is 6.97. The number of benzene rings is 1. The van der Waals surface area contributed by atoms with E-state index in [-0.39, 0.29) is 0 Å². The normalized spacial score (nSPS) is 20.5. The molecular weight excluding hydrogens is 202 g/mol. The van der Waals surface area contributed by atoms with Crippen molar-refractivity contribution in [1.29, 1.82) is 0 Å². The molecule has 15 heavy (non-hydrogen) atoms. The Bertz CT molecular complexity index is 288. The molecule has 1 fully saturated rings. The number of thioether (sulfide) groups is 1. The van der Waals surface area contributed by atoms with Gasteiger partial charge in [0.05, 0.1) is 0 Å². The van der Waals surface area contributed by atoms with E-state index < -0.39 is 0 Å². The van der Waals surface area contributed by atoms with Crippen molar-refractivity contribution in [3.63, 3.8) is 0 Å². The molecular formula is C13H19NS. The summed E-state index contributed by atoms with van der Waals surface area (Å²) in [5.74, 6) is 2.57. The molecule has 0 radical (unpaired) electrons. The molecule has 0 aromatic heterocycles. The third-order valence-electron chi connectivity index (χ3n) is 2.79. The summed E-state index contributed by atoms with van der Waals surface area (Å²) < 4.78 is 0. The molecule has 0 aliphatic carbocycles. The molecule has 1 N–H and O–H groups in total. The van der Waals surface area contributed by atoms with Crippen LogP contribution in [0.5, 0.6) is 0 Å². The van der Waals surface area contributed by atoms with Crippen LogP contribution in [0.4, 0.5) is 5.69 Å². The maximum Gasteiger partial charge on any atom is 0.0359 e. The number of rotatable bonds is 4. The highest BCUT2D eigenvalue weighted by molar-refractivity contribution is 7.99. The van der Waals surface area contributed by atoms with Crippen molar-refractivity contribution < 1.29 is 0 Å². The van der Waals surface area contributed by atoms with E-state index in [1.165, 1.54) is 42.0 Å². The first kappa shape index (κ1) is 10.9. The molecule has 82 valence electrons. The zero-order valence-electron chi connectivity index (χ0n) is 9.33. The smallest absolute Gasteiger partial charge is 0.0359 e. The van der Waals surface area contributed by atoms with Crippen LogP contribution in [-0.4, -0.2) is 17.5 Å². The van der Waals surface area contributed by atoms with Gasteiger partial charge in [-0.25, -0.2) is 0 Å². The Labute approximate surface area is 96.7 Å². The van der Waals surface area contributed by atoms with Crippen molar-refractivity contribution in [2.75, 3.05) is 16.8 Å². The Morgan fingerprint density at radius 3 is 2.73 bits per heavy atom. The number of aryl methyl sites for hydroxylation is 1. The Balaban J connectivity index is 1.91. The van der Waals surface area contributed by atoms with Gasteiger partial charge in [-0.1, -0.05) is 25.5 Å². The van der Waals surface area contributed by atoms with Crippen LogP contribution in [0.1, 0.15) is 25.3 Å². The summed E-state index contributed by atoms with van der Waals surface area (Å²) in [5, 5.41) is 3.59. The summed E-state index contributed by atoms with van der Waals surface area (Å²) >= 11 is 2.05. The number of anilines is 1. The molecule has 1 nitrogen and oxygen atoms in total. The average Bonchev–Trinajstić information content (AvgIpc) is 2.74. The van der Waals surface area contributed by atoms with Crippen LogP contribution in [0.25, 0.3) is 0 Å². The minimum absolute atomic E-state index is 0.687. The van der Waals surface area contributed by atoms with E-state index in [9.17, 15) is 0 Å². The second-order valence-electron chi connectivity index (χ2n) is 4.15. The zero-order chi connectivity index (χ0) is 10.5. The van der Waals surface area contributed by atoms with Gasteiger partial charge in [0.15, 0.2) is 0 Å². The largest absolute Gasteiger partial charge is 0.381 e. The molecule has 0 saturated carbocycles. The molecule has 1 atom stereocenters. The summed E-state index contributed by atoms with van der Waals surface area (Å²) in [6.07, 6.45) is 3.73. The highest BCUT2D eigenvalue weighted by atomic mass is 32.2. The molecule has 2 rings (SSSR count). The lowest BCUT2D eigenvalue weighted by atomic mass is 10.1. The molecule has 1 heterocycles. The van der Waals surface area contributed by atoms with Gasteiger partial charge in [0.2, 0.25) is 0 Å². The first-order valence-electron chi connectivity index (χ1n) is 5.81. The second-order valence-corrected chi connectivity index (χ2v) is 5.30. The van der Waals surface area contributed by atoms with Gasteiger partial charge < -0.3 is 5.32 Å². The topological polar surface area (TPSA) is 12.0 Å². The predicted octanol–water partition coefficient (Wildman–Crippen LogP) is 3.56. The van der Waals surface area contributed by atoms with E-state index in [1.54, 1.807) is 0 Å². The summed E-state index contributed by atoms with van der Waals surface area (Å²) in [4.78, 5) is 0. The highest BCUT2D eigenvalue weighted by Crippen LogP contribution is 2.21. The van der Waals surface area contributed by atoms with Crippen LogP contribution < -0.4 is 5.32 Å². The third kappa shape index (κ3) is 3.16. The van der Waals surface area contributed by atoms with Gasteiger partial charge in [0.25, 0.3) is 0 Å². The van der Waals surface area contributed by atoms with E-state index in [0.29, 0.717) is 6.04 Å². The molecule has 0 spiro atoms. The van der Waals surface area contributed by atoms with E-state index >= 15 is 0 Å². The molecule has 1 aromatic carbocycles. The van der Waals surface area contributed by atoms with E-state index in [1.807, 2.05) is 0 Å². The van der Waals surface area contributed by atoms with Gasteiger partial charge >= 0.3 is 0 Å². The molecule has 0 bridgehead atoms. The second kappa shape index (κ2) is 5.45. The Morgan fingerprint density at radius 1 is 1.33 bits per heavy atom. The lowest BCUT2D eigenvalue weighted by Crippen LogP contribution is -2.17. The lowest BCUT2D eigenvalue weighted by Gasteiger charge is -2.13. The van der Waals surface area contributed by atoms with Crippen molar-refractivity contribution >= 4 is 17.4 Å². The monoisotopic (exact) mass is 221 g/mol. The van der Waals surface area contributed by atoms with Gasteiger partial charge in [-0.2, -0.15) is 11.8 Å². The summed E-state index contributed by atoms with van der Waals surface area (Å²) in [6.45, 7) is 2.22. The number of nitrogens with one attached hydrogen (secondary N) is 1. The SMILES string of the molecule is CCCc1ccc(NC2CCSC2)cc1. The third-order valence-corrected chi connectivity index (χ3v) is 3.96. The highest BCUT2D eigenvalue weighted by Gasteiger charge is 2.14. The van der Waals surface area contributed by atoms with E-state index in [2.05, 4.69) is 48.3 Å². The number of hydrogen-bond donors (Lipinski definition) is 1. The number of hydrogen-bond acceptors (Lipinski definition) is 2. The predicted molar refractivity (Wildman–Crippen MR) is 69.8 cm³/mol. The van der Waals surface area contributed by atoms with Gasteiger partial charge in [-0.05, 0) is 36.3 Å². The van der Waals surface area contributed by atoms with Crippen molar-refractivity contribution in [3.8, 4) is 0 Å². The molecule has 2 heteroatoms. The first-order chi connectivity index (χ1) is 7.38. The Morgan fingerprint density at radius 2 is 2.13 bits per heavy atom. The van der Waals surface area contributed by atoms with Crippen molar-refractivity contribution in [2.24, 2.45) is 0 Å². The maximum absolute atomic E-state index is 3.59. The summed E-state index contributed by atoms with van der Waals surface area (Å²) in [7, 11) is 0. The van der Waals surface area contributed by atoms with Crippen LogP contribution in [0.15, 0.2) is 24.3 Å². The molecule has 1 aliphatic heterocycles. The van der Waals surface area contributed by atoms with Crippen LogP contribution in [0, 0.1) is 0 Å². The Hall–Kier alpha value is -0.630. The molecule has 1 aromatic rings. The van der Waals surface area contributed by atoms with Gasteiger partial charge in [0, 0.05) is 17.5 Å². The fraction of sp³-hybridized carbons (Fsp3) is 0.538. The lowest BCUT2D eigenvalue weighted by molar-refractivity contribution is 0.813. The van der Waals surface area contributed by atoms with Crippen molar-refractivity contribution in [3.05, 3.63) is 29.8 Å². The quantitative estimate of drug-likeness (QED) is 0.834. The fourth-order valence-corrected chi connectivity index (χ4v) is 3.09. The average molecular weight is 221 g/mol. The van der Waals surface area contributed by atoms with Crippen LogP contribution in [-0.2, 0) is 6.42 Å². The van der Waals surface area contributed by atoms with Crippen LogP contribution in [0.2, 0.25) is 0 Å². The fourth-order valence-electron chi connectivity index (χ4n) is 1.94. The van der Waals surface area contributed by atoms with Crippen LogP contribution >= 0.6 is 11.8 Å². The summed E-state index contributed by atoms with van der Waals surface area (Å²) in [6, 6.07) is 9.61. The molecule has 1 unspecified atom stereocenters. The molecule has 1 aliphatic rings. The molecule has 1 saturated heterocycles. The van der Waals surface area contributed by atoms with Crippen molar-refractivity contribution in [1.82, 2.24) is 0 Å². The van der Waals surface area contributed by atoms with Crippen LogP contribution in [0.3, 0.4) is 0 Å². The molecule has 0 amide bonds. The minimum Gasteiger partial charge on any atom is -0.381 e. The standard InChI is InChI=1S/C13H19NS/c1-2-3-11-4-6-12(7-5-11)14-13-8-9-15-10-13/h4-7,13-14H,2-3,8-10H2,1H3. The van der Waals surface area contributed by atoms with E-state index in [0.717, 1.165) is 0 Å². The maximum atomic E-state index is 3.59.